The monoisotopic (exact) mass is 415 g/mol. The van der Waals surface area contributed by atoms with Crippen LogP contribution in [-0.2, 0) is 10.0 Å². The van der Waals surface area contributed by atoms with Crippen LogP contribution < -0.4 is 5.73 Å². The summed E-state index contributed by atoms with van der Waals surface area (Å²) in [4.78, 5) is 4.57. The van der Waals surface area contributed by atoms with Crippen molar-refractivity contribution in [2.24, 2.45) is 10.2 Å². The molecule has 0 amide bonds. The van der Waals surface area contributed by atoms with Crippen LogP contribution in [0.2, 0.25) is 0 Å². The third kappa shape index (κ3) is 4.27. The van der Waals surface area contributed by atoms with E-state index in [2.05, 4.69) is 15.2 Å². The first kappa shape index (κ1) is 20.1. The molecule has 0 unspecified atom stereocenters. The molecule has 0 aliphatic heterocycles. The Hall–Kier alpha value is -2.62. The summed E-state index contributed by atoms with van der Waals surface area (Å²) in [5.74, 6) is 0. The van der Waals surface area contributed by atoms with Crippen molar-refractivity contribution in [1.82, 2.24) is 9.29 Å². The zero-order valence-corrected chi connectivity index (χ0v) is 17.2. The largest absolute Gasteiger partial charge is 0.375 e. The van der Waals surface area contributed by atoms with E-state index in [1.807, 2.05) is 44.2 Å². The Balaban J connectivity index is 1.85. The number of sulfonamides is 1. The van der Waals surface area contributed by atoms with Gasteiger partial charge in [-0.3, -0.25) is 0 Å². The molecule has 7 nitrogen and oxygen atoms in total. The SMILES string of the molecule is CCN(CC)S(=O)(=O)c1ccc(N=Nc2sc(N)nc2-c2ccccc2)cc1. The fourth-order valence-corrected chi connectivity index (χ4v) is 4.82. The summed E-state index contributed by atoms with van der Waals surface area (Å²) in [6.45, 7) is 4.48. The van der Waals surface area contributed by atoms with Gasteiger partial charge < -0.3 is 5.73 Å². The molecule has 0 saturated heterocycles. The molecule has 0 aliphatic rings. The predicted molar refractivity (Wildman–Crippen MR) is 113 cm³/mol. The molecule has 3 aromatic rings. The standard InChI is InChI=1S/C19H21N5O2S2/c1-3-24(4-2)28(25,26)16-12-10-15(11-13-16)22-23-18-17(21-19(20)27-18)14-8-6-5-7-9-14/h5-13H,3-4H2,1-2H3,(H2,20,21). The average Bonchev–Trinajstić information content (AvgIpc) is 3.09. The van der Waals surface area contributed by atoms with Crippen LogP contribution in [0, 0.1) is 0 Å². The molecule has 0 saturated carbocycles. The third-order valence-corrected chi connectivity index (χ3v) is 6.94. The lowest BCUT2D eigenvalue weighted by Crippen LogP contribution is -2.30. The van der Waals surface area contributed by atoms with Gasteiger partial charge >= 0.3 is 0 Å². The van der Waals surface area contributed by atoms with Gasteiger partial charge in [0.15, 0.2) is 10.1 Å². The molecule has 3 rings (SSSR count). The summed E-state index contributed by atoms with van der Waals surface area (Å²) in [5, 5.41) is 9.50. The Morgan fingerprint density at radius 1 is 1.00 bits per heavy atom. The van der Waals surface area contributed by atoms with Crippen molar-refractivity contribution in [2.75, 3.05) is 18.8 Å². The second-order valence-corrected chi connectivity index (χ2v) is 8.80. The molecule has 0 bridgehead atoms. The van der Waals surface area contributed by atoms with Gasteiger partial charge in [0.2, 0.25) is 10.0 Å². The van der Waals surface area contributed by atoms with Crippen molar-refractivity contribution < 1.29 is 8.42 Å². The molecule has 9 heteroatoms. The maximum Gasteiger partial charge on any atom is 0.243 e. The number of nitrogens with zero attached hydrogens (tertiary/aromatic N) is 4. The van der Waals surface area contributed by atoms with Crippen LogP contribution in [0.15, 0.2) is 69.7 Å². The summed E-state index contributed by atoms with van der Waals surface area (Å²) in [7, 11) is -3.49. The van der Waals surface area contributed by atoms with Crippen molar-refractivity contribution in [3.8, 4) is 11.3 Å². The number of hydrogen-bond donors (Lipinski definition) is 1. The molecule has 2 N–H and O–H groups in total. The van der Waals surface area contributed by atoms with Crippen LogP contribution in [0.25, 0.3) is 11.3 Å². The maximum atomic E-state index is 12.5. The fraction of sp³-hybridized carbons (Fsp3) is 0.211. The van der Waals surface area contributed by atoms with Crippen molar-refractivity contribution in [2.45, 2.75) is 18.7 Å². The van der Waals surface area contributed by atoms with Gasteiger partial charge in [-0.2, -0.15) is 4.31 Å². The number of nitrogens with two attached hydrogens (primary N) is 1. The molecule has 0 fully saturated rings. The van der Waals surface area contributed by atoms with Gasteiger partial charge in [0.1, 0.15) is 5.69 Å². The minimum Gasteiger partial charge on any atom is -0.375 e. The second-order valence-electron chi connectivity index (χ2n) is 5.86. The minimum absolute atomic E-state index is 0.238. The molecule has 146 valence electrons. The highest BCUT2D eigenvalue weighted by Crippen LogP contribution is 2.37. The highest BCUT2D eigenvalue weighted by molar-refractivity contribution is 7.89. The van der Waals surface area contributed by atoms with Crippen LogP contribution in [-0.4, -0.2) is 30.8 Å². The van der Waals surface area contributed by atoms with Gasteiger partial charge in [-0.05, 0) is 24.3 Å². The highest BCUT2D eigenvalue weighted by atomic mass is 32.2. The first-order chi connectivity index (χ1) is 13.5. The zero-order valence-electron chi connectivity index (χ0n) is 15.6. The van der Waals surface area contributed by atoms with Crippen LogP contribution >= 0.6 is 11.3 Å². The number of rotatable bonds is 7. The van der Waals surface area contributed by atoms with E-state index in [9.17, 15) is 8.42 Å². The number of anilines is 1. The number of nitrogen functional groups attached to an aromatic ring is 1. The molecule has 0 aliphatic carbocycles. The average molecular weight is 416 g/mol. The van der Waals surface area contributed by atoms with Gasteiger partial charge in [-0.1, -0.05) is 55.5 Å². The van der Waals surface area contributed by atoms with E-state index in [1.165, 1.54) is 15.6 Å². The van der Waals surface area contributed by atoms with Gasteiger partial charge in [0, 0.05) is 18.7 Å². The highest BCUT2D eigenvalue weighted by Gasteiger charge is 2.21. The lowest BCUT2D eigenvalue weighted by molar-refractivity contribution is 0.445. The van der Waals surface area contributed by atoms with Gasteiger partial charge in [0.25, 0.3) is 0 Å². The predicted octanol–water partition coefficient (Wildman–Crippen LogP) is 4.84. The van der Waals surface area contributed by atoms with Gasteiger partial charge in [0.05, 0.1) is 10.6 Å². The van der Waals surface area contributed by atoms with E-state index in [0.29, 0.717) is 34.6 Å². The lowest BCUT2D eigenvalue weighted by atomic mass is 10.2. The zero-order chi connectivity index (χ0) is 20.1. The Kier molecular flexibility index (Phi) is 6.18. The molecular weight excluding hydrogens is 394 g/mol. The fourth-order valence-electron chi connectivity index (χ4n) is 2.68. The van der Waals surface area contributed by atoms with E-state index in [-0.39, 0.29) is 4.90 Å². The normalized spacial score (nSPS) is 12.1. The molecular formula is C19H21N5O2S2. The molecule has 0 radical (unpaired) electrons. The van der Waals surface area contributed by atoms with E-state index in [0.717, 1.165) is 5.56 Å². The first-order valence-corrected chi connectivity index (χ1v) is 11.0. The summed E-state index contributed by atoms with van der Waals surface area (Å²) < 4.78 is 26.5. The van der Waals surface area contributed by atoms with Crippen molar-refractivity contribution in [1.29, 1.82) is 0 Å². The number of aromatic nitrogens is 1. The van der Waals surface area contributed by atoms with E-state index in [4.69, 9.17) is 5.73 Å². The molecule has 28 heavy (non-hydrogen) atoms. The van der Waals surface area contributed by atoms with Crippen LogP contribution in [0.1, 0.15) is 13.8 Å². The smallest absolute Gasteiger partial charge is 0.243 e. The summed E-state index contributed by atoms with van der Waals surface area (Å²) in [6, 6.07) is 16.0. The first-order valence-electron chi connectivity index (χ1n) is 8.79. The van der Waals surface area contributed by atoms with Crippen LogP contribution in [0.5, 0.6) is 0 Å². The van der Waals surface area contributed by atoms with Crippen LogP contribution in [0.3, 0.4) is 0 Å². The van der Waals surface area contributed by atoms with Crippen molar-refractivity contribution >= 4 is 37.2 Å². The Labute approximate surface area is 168 Å². The molecule has 0 spiro atoms. The molecule has 1 aromatic heterocycles. The summed E-state index contributed by atoms with van der Waals surface area (Å²) in [5.41, 5.74) is 7.97. The van der Waals surface area contributed by atoms with Crippen molar-refractivity contribution in [3.63, 3.8) is 0 Å². The van der Waals surface area contributed by atoms with Gasteiger partial charge in [-0.15, -0.1) is 10.2 Å². The number of azo groups is 1. The van der Waals surface area contributed by atoms with Crippen LogP contribution in [0.4, 0.5) is 15.8 Å². The number of thiazole rings is 1. The maximum absolute atomic E-state index is 12.5. The lowest BCUT2D eigenvalue weighted by Gasteiger charge is -2.18. The quantitative estimate of drug-likeness (QED) is 0.558. The Morgan fingerprint density at radius 3 is 2.25 bits per heavy atom. The topological polar surface area (TPSA) is 101 Å². The molecule has 0 atom stereocenters. The molecule has 2 aromatic carbocycles. The van der Waals surface area contributed by atoms with E-state index >= 15 is 0 Å². The summed E-state index contributed by atoms with van der Waals surface area (Å²) in [6.07, 6.45) is 0. The second kappa shape index (κ2) is 8.59. The van der Waals surface area contributed by atoms with E-state index < -0.39 is 10.0 Å². The third-order valence-electron chi connectivity index (χ3n) is 4.11. The Morgan fingerprint density at radius 2 is 1.64 bits per heavy atom. The van der Waals surface area contributed by atoms with E-state index in [1.54, 1.807) is 24.3 Å². The summed E-state index contributed by atoms with van der Waals surface area (Å²) >= 11 is 1.25. The van der Waals surface area contributed by atoms with Gasteiger partial charge in [-0.25, -0.2) is 13.4 Å². The molecule has 1 heterocycles. The number of benzene rings is 2. The van der Waals surface area contributed by atoms with Crippen molar-refractivity contribution in [3.05, 3.63) is 54.6 Å². The minimum atomic E-state index is -3.49. The Bertz CT molecular complexity index is 1060. The number of hydrogen-bond acceptors (Lipinski definition) is 7.